The largest absolute Gasteiger partial charge is 0.361 e. The van der Waals surface area contributed by atoms with Crippen LogP contribution in [0.2, 0.25) is 0 Å². The van der Waals surface area contributed by atoms with Crippen LogP contribution in [0, 0.1) is 5.82 Å². The third-order valence-corrected chi connectivity index (χ3v) is 7.15. The summed E-state index contributed by atoms with van der Waals surface area (Å²) in [7, 11) is 0. The zero-order chi connectivity index (χ0) is 27.4. The Bertz CT molecular complexity index is 1610. The van der Waals surface area contributed by atoms with Crippen molar-refractivity contribution < 1.29 is 14.0 Å². The Labute approximate surface area is 227 Å². The van der Waals surface area contributed by atoms with Crippen molar-refractivity contribution >= 4 is 33.5 Å². The van der Waals surface area contributed by atoms with Crippen molar-refractivity contribution in [2.75, 3.05) is 13.1 Å². The molecule has 39 heavy (non-hydrogen) atoms. The summed E-state index contributed by atoms with van der Waals surface area (Å²) in [4.78, 5) is 34.0. The number of para-hydroxylation sites is 1. The minimum Gasteiger partial charge on any atom is -0.361 e. The Morgan fingerprint density at radius 2 is 1.59 bits per heavy atom. The molecule has 0 saturated carbocycles. The van der Waals surface area contributed by atoms with Gasteiger partial charge < -0.3 is 14.8 Å². The fourth-order valence-electron chi connectivity index (χ4n) is 4.92. The molecule has 6 heteroatoms. The molecule has 0 fully saturated rings. The number of rotatable bonds is 9. The summed E-state index contributed by atoms with van der Waals surface area (Å²) in [6.07, 6.45) is 2.63. The lowest BCUT2D eigenvalue weighted by Crippen LogP contribution is -2.46. The van der Waals surface area contributed by atoms with Gasteiger partial charge in [0.05, 0.1) is 0 Å². The van der Waals surface area contributed by atoms with Crippen molar-refractivity contribution in [3.8, 4) is 0 Å². The molecular formula is C33H32FN3O2. The quantitative estimate of drug-likeness (QED) is 0.238. The summed E-state index contributed by atoms with van der Waals surface area (Å²) in [6, 6.07) is 27.6. The topological polar surface area (TPSA) is 56.4 Å². The number of aromatic nitrogens is 1. The fourth-order valence-corrected chi connectivity index (χ4v) is 4.92. The van der Waals surface area contributed by atoms with Crippen LogP contribution in [0.15, 0.2) is 97.2 Å². The Balaban J connectivity index is 1.37. The van der Waals surface area contributed by atoms with E-state index in [1.54, 1.807) is 21.9 Å². The zero-order valence-electron chi connectivity index (χ0n) is 22.2. The first-order valence-electron chi connectivity index (χ1n) is 13.3. The summed E-state index contributed by atoms with van der Waals surface area (Å²) in [5.41, 5.74) is 3.56. The van der Waals surface area contributed by atoms with Gasteiger partial charge in [0, 0.05) is 41.8 Å². The van der Waals surface area contributed by atoms with Gasteiger partial charge in [-0.2, -0.15) is 0 Å². The first-order valence-corrected chi connectivity index (χ1v) is 13.3. The minimum absolute atomic E-state index is 0.0432. The van der Waals surface area contributed by atoms with Crippen LogP contribution in [0.4, 0.5) is 4.39 Å². The van der Waals surface area contributed by atoms with Crippen molar-refractivity contribution in [3.05, 3.63) is 120 Å². The molecule has 0 aliphatic rings. The lowest BCUT2D eigenvalue weighted by Gasteiger charge is -2.30. The number of nitrogens with one attached hydrogen (secondary N) is 1. The second-order valence-corrected chi connectivity index (χ2v) is 10.1. The SMILES string of the molecule is CC(C)N(CC(=O)N(CCc1c[nH]c2ccccc12)Cc1ccc(F)cc1)C(=O)c1ccc2ccccc2c1. The number of aromatic amines is 1. The summed E-state index contributed by atoms with van der Waals surface area (Å²) < 4.78 is 13.5. The highest BCUT2D eigenvalue weighted by molar-refractivity contribution is 6.00. The molecule has 0 atom stereocenters. The van der Waals surface area contributed by atoms with E-state index in [9.17, 15) is 14.0 Å². The Morgan fingerprint density at radius 3 is 2.36 bits per heavy atom. The van der Waals surface area contributed by atoms with Gasteiger partial charge in [-0.05, 0) is 72.5 Å². The third-order valence-electron chi connectivity index (χ3n) is 7.15. The Hall–Kier alpha value is -4.45. The molecule has 0 unspecified atom stereocenters. The lowest BCUT2D eigenvalue weighted by molar-refractivity contribution is -0.132. The second-order valence-electron chi connectivity index (χ2n) is 10.1. The fraction of sp³-hybridized carbons (Fsp3) is 0.212. The van der Waals surface area contributed by atoms with E-state index in [1.807, 2.05) is 80.7 Å². The van der Waals surface area contributed by atoms with Crippen LogP contribution in [0.5, 0.6) is 0 Å². The number of benzene rings is 4. The van der Waals surface area contributed by atoms with Crippen LogP contribution in [-0.4, -0.2) is 45.7 Å². The van der Waals surface area contributed by atoms with E-state index < -0.39 is 0 Å². The molecule has 2 amide bonds. The van der Waals surface area contributed by atoms with Gasteiger partial charge in [0.1, 0.15) is 12.4 Å². The molecule has 1 aromatic heterocycles. The molecule has 198 valence electrons. The van der Waals surface area contributed by atoms with Crippen molar-refractivity contribution in [2.24, 2.45) is 0 Å². The highest BCUT2D eigenvalue weighted by Gasteiger charge is 2.25. The number of hydrogen-bond acceptors (Lipinski definition) is 2. The van der Waals surface area contributed by atoms with Crippen LogP contribution in [0.1, 0.15) is 35.3 Å². The molecule has 0 radical (unpaired) electrons. The molecule has 0 bridgehead atoms. The summed E-state index contributed by atoms with van der Waals surface area (Å²) >= 11 is 0. The van der Waals surface area contributed by atoms with E-state index in [2.05, 4.69) is 11.1 Å². The van der Waals surface area contributed by atoms with Crippen LogP contribution in [0.25, 0.3) is 21.7 Å². The normalized spacial score (nSPS) is 11.3. The maximum absolute atomic E-state index is 13.8. The Kier molecular flexibility index (Phi) is 7.73. The Morgan fingerprint density at radius 1 is 0.872 bits per heavy atom. The summed E-state index contributed by atoms with van der Waals surface area (Å²) in [5.74, 6) is -0.646. The van der Waals surface area contributed by atoms with Gasteiger partial charge in [0.25, 0.3) is 5.91 Å². The first kappa shape index (κ1) is 26.2. The predicted molar refractivity (Wildman–Crippen MR) is 154 cm³/mol. The average molecular weight is 522 g/mol. The molecule has 5 aromatic rings. The van der Waals surface area contributed by atoms with Crippen molar-refractivity contribution in [1.82, 2.24) is 14.8 Å². The third kappa shape index (κ3) is 6.01. The van der Waals surface area contributed by atoms with Gasteiger partial charge in [-0.1, -0.05) is 60.7 Å². The van der Waals surface area contributed by atoms with Gasteiger partial charge in [-0.25, -0.2) is 4.39 Å². The van der Waals surface area contributed by atoms with Crippen molar-refractivity contribution in [2.45, 2.75) is 32.9 Å². The first-order chi connectivity index (χ1) is 18.9. The zero-order valence-corrected chi connectivity index (χ0v) is 22.2. The maximum Gasteiger partial charge on any atom is 0.254 e. The highest BCUT2D eigenvalue weighted by atomic mass is 19.1. The molecule has 0 spiro atoms. The van der Waals surface area contributed by atoms with Gasteiger partial charge in [0.15, 0.2) is 0 Å². The molecule has 1 N–H and O–H groups in total. The maximum atomic E-state index is 13.8. The molecule has 5 rings (SSSR count). The number of fused-ring (bicyclic) bond motifs is 2. The molecule has 0 aliphatic carbocycles. The number of hydrogen-bond donors (Lipinski definition) is 1. The summed E-state index contributed by atoms with van der Waals surface area (Å²) in [6.45, 7) is 4.59. The van der Waals surface area contributed by atoms with E-state index in [0.29, 0.717) is 25.1 Å². The molecule has 5 nitrogen and oxygen atoms in total. The van der Waals surface area contributed by atoms with Gasteiger partial charge in [0.2, 0.25) is 5.91 Å². The number of nitrogens with zero attached hydrogens (tertiary/aromatic N) is 2. The minimum atomic E-state index is -0.317. The number of amides is 2. The van der Waals surface area contributed by atoms with E-state index >= 15 is 0 Å². The van der Waals surface area contributed by atoms with Gasteiger partial charge >= 0.3 is 0 Å². The second kappa shape index (κ2) is 11.5. The summed E-state index contributed by atoms with van der Waals surface area (Å²) in [5, 5.41) is 3.17. The number of carbonyl (C=O) groups excluding carboxylic acids is 2. The monoisotopic (exact) mass is 521 g/mol. The van der Waals surface area contributed by atoms with Gasteiger partial charge in [-0.15, -0.1) is 0 Å². The molecular weight excluding hydrogens is 489 g/mol. The lowest BCUT2D eigenvalue weighted by atomic mass is 10.1. The van der Waals surface area contributed by atoms with Crippen LogP contribution in [-0.2, 0) is 17.8 Å². The van der Waals surface area contributed by atoms with Crippen LogP contribution >= 0.6 is 0 Å². The molecule has 4 aromatic carbocycles. The van der Waals surface area contributed by atoms with Crippen molar-refractivity contribution in [1.29, 1.82) is 0 Å². The van der Waals surface area contributed by atoms with E-state index in [-0.39, 0.29) is 30.2 Å². The smallest absolute Gasteiger partial charge is 0.254 e. The van der Waals surface area contributed by atoms with E-state index in [1.165, 1.54) is 12.1 Å². The van der Waals surface area contributed by atoms with Gasteiger partial charge in [-0.3, -0.25) is 9.59 Å². The predicted octanol–water partition coefficient (Wildman–Crippen LogP) is 6.58. The number of carbonyl (C=O) groups is 2. The number of H-pyrrole nitrogens is 1. The highest BCUT2D eigenvalue weighted by Crippen LogP contribution is 2.20. The average Bonchev–Trinajstić information content (AvgIpc) is 3.37. The number of halogens is 1. The molecule has 0 saturated heterocycles. The van der Waals surface area contributed by atoms with Crippen LogP contribution < -0.4 is 0 Å². The molecule has 0 aliphatic heterocycles. The van der Waals surface area contributed by atoms with E-state index in [0.717, 1.165) is 32.8 Å². The van der Waals surface area contributed by atoms with Crippen LogP contribution in [0.3, 0.4) is 0 Å². The van der Waals surface area contributed by atoms with E-state index in [4.69, 9.17) is 0 Å². The standard InChI is InChI=1S/C33H32FN3O2/c1-23(2)37(33(39)27-14-13-25-7-3-4-8-26(25)19-27)22-32(38)36(21-24-11-15-29(34)16-12-24)18-17-28-20-35-31-10-6-5-9-30(28)31/h3-16,19-20,23,35H,17-18,21-22H2,1-2H3. The molecule has 1 heterocycles. The van der Waals surface area contributed by atoms with Crippen molar-refractivity contribution in [3.63, 3.8) is 0 Å².